The molecule has 1 aliphatic rings. The molecule has 1 saturated heterocycles. The number of phosphoric acid groups is 1. The minimum atomic E-state index is -4.72. The molecule has 0 radical (unpaired) electrons. The molecule has 0 spiro atoms. The van der Waals surface area contributed by atoms with Crippen molar-refractivity contribution in [3.63, 3.8) is 0 Å². The quantitative estimate of drug-likeness (QED) is 0.264. The molecule has 1 heterocycles. The molecule has 8 nitrogen and oxygen atoms in total. The van der Waals surface area contributed by atoms with E-state index in [9.17, 15) is 9.67 Å². The third kappa shape index (κ3) is 2.97. The van der Waals surface area contributed by atoms with Crippen LogP contribution in [-0.4, -0.2) is 51.1 Å². The molecule has 1 fully saturated rings. The van der Waals surface area contributed by atoms with Gasteiger partial charge in [0.25, 0.3) is 0 Å². The van der Waals surface area contributed by atoms with Crippen LogP contribution in [0.3, 0.4) is 0 Å². The number of aliphatic hydroxyl groups excluding tert-OH is 2. The first kappa shape index (κ1) is 12.0. The zero-order valence-corrected chi connectivity index (χ0v) is 7.95. The van der Waals surface area contributed by atoms with Gasteiger partial charge >= 0.3 is 7.82 Å². The van der Waals surface area contributed by atoms with E-state index in [-0.39, 0.29) is 6.61 Å². The van der Waals surface area contributed by atoms with Crippen LogP contribution in [0.4, 0.5) is 0 Å². The highest BCUT2D eigenvalue weighted by Crippen LogP contribution is 2.38. The van der Waals surface area contributed by atoms with Gasteiger partial charge in [-0.15, -0.1) is 0 Å². The van der Waals surface area contributed by atoms with Crippen molar-refractivity contribution in [2.45, 2.75) is 24.5 Å². The number of ether oxygens (including phenoxy) is 1. The molecule has 1 rings (SSSR count). The van der Waals surface area contributed by atoms with E-state index in [1.807, 2.05) is 0 Å². The summed E-state index contributed by atoms with van der Waals surface area (Å²) < 4.78 is 19.3. The highest BCUT2D eigenvalue weighted by Gasteiger charge is 2.41. The summed E-state index contributed by atoms with van der Waals surface area (Å²) in [6, 6.07) is 0. The minimum absolute atomic E-state index is 0.149. The van der Waals surface area contributed by atoms with Gasteiger partial charge in [0.1, 0.15) is 24.5 Å². The van der Waals surface area contributed by atoms with Gasteiger partial charge in [-0.3, -0.25) is 4.52 Å². The Balaban J connectivity index is 2.54. The molecule has 4 atom stereocenters. The van der Waals surface area contributed by atoms with Crippen molar-refractivity contribution in [1.82, 2.24) is 0 Å². The Labute approximate surface area is 79.5 Å². The molecule has 6 N–H and O–H groups in total. The summed E-state index contributed by atoms with van der Waals surface area (Å²) in [6.45, 7) is -0.149. The second kappa shape index (κ2) is 4.21. The molecule has 1 aliphatic heterocycles. The Kier molecular flexibility index (Phi) is 3.62. The highest BCUT2D eigenvalue weighted by molar-refractivity contribution is 7.46. The third-order valence-electron chi connectivity index (χ3n) is 1.77. The second-order valence-corrected chi connectivity index (χ2v) is 4.11. The number of hydrogen-bond acceptors (Lipinski definition) is 6. The third-order valence-corrected chi connectivity index (χ3v) is 2.29. The average molecular weight is 229 g/mol. The van der Waals surface area contributed by atoms with Crippen LogP contribution in [-0.2, 0) is 13.8 Å². The van der Waals surface area contributed by atoms with Crippen LogP contribution in [0.5, 0.6) is 0 Å². The average Bonchev–Trinajstić information content (AvgIpc) is 2.29. The summed E-state index contributed by atoms with van der Waals surface area (Å²) in [5.74, 6) is 0. The van der Waals surface area contributed by atoms with Crippen molar-refractivity contribution >= 4 is 7.82 Å². The van der Waals surface area contributed by atoms with Crippen LogP contribution in [0.1, 0.15) is 0 Å². The first-order valence-electron chi connectivity index (χ1n) is 3.78. The molecule has 0 amide bonds. The molecule has 0 aromatic heterocycles. The highest BCUT2D eigenvalue weighted by atomic mass is 31.2. The smallest absolute Gasteiger partial charge is 0.388 e. The van der Waals surface area contributed by atoms with Gasteiger partial charge in [0.05, 0.1) is 6.61 Å². The fourth-order valence-corrected chi connectivity index (χ4v) is 1.57. The monoisotopic (exact) mass is 229 g/mol. The largest absolute Gasteiger partial charge is 0.471 e. The van der Waals surface area contributed by atoms with E-state index >= 15 is 0 Å². The number of hydrogen-bond donors (Lipinski definition) is 5. The van der Waals surface area contributed by atoms with E-state index in [1.54, 1.807) is 0 Å². The number of aliphatic hydroxyl groups is 2. The Morgan fingerprint density at radius 3 is 2.43 bits per heavy atom. The standard InChI is InChI=1S/C5H12NO7P/c6-5(13-14(9,10)11)4-3(8)2(7)1-12-4/h2-5,7-8H,1,6H2,(H2,9,10,11)/t2-,3-,4-,5?/m0/s1. The van der Waals surface area contributed by atoms with Gasteiger partial charge < -0.3 is 30.5 Å². The van der Waals surface area contributed by atoms with Crippen molar-refractivity contribution in [3.05, 3.63) is 0 Å². The normalized spacial score (nSPS) is 35.9. The molecule has 0 aromatic rings. The Bertz CT molecular complexity index is 242. The Morgan fingerprint density at radius 2 is 2.07 bits per heavy atom. The van der Waals surface area contributed by atoms with Crippen molar-refractivity contribution in [3.8, 4) is 0 Å². The maximum atomic E-state index is 10.4. The summed E-state index contributed by atoms with van der Waals surface area (Å²) in [5, 5.41) is 18.3. The lowest BCUT2D eigenvalue weighted by Gasteiger charge is -2.21. The van der Waals surface area contributed by atoms with Crippen LogP contribution in [0.25, 0.3) is 0 Å². The van der Waals surface area contributed by atoms with Crippen LogP contribution in [0, 0.1) is 0 Å². The lowest BCUT2D eigenvalue weighted by molar-refractivity contribution is -0.0459. The van der Waals surface area contributed by atoms with E-state index < -0.39 is 32.4 Å². The lowest BCUT2D eigenvalue weighted by atomic mass is 10.1. The molecule has 84 valence electrons. The van der Waals surface area contributed by atoms with Crippen molar-refractivity contribution < 1.29 is 33.8 Å². The molecule has 14 heavy (non-hydrogen) atoms. The van der Waals surface area contributed by atoms with Crippen LogP contribution in [0.15, 0.2) is 0 Å². The van der Waals surface area contributed by atoms with E-state index in [0.29, 0.717) is 0 Å². The van der Waals surface area contributed by atoms with Gasteiger partial charge in [-0.2, -0.15) is 0 Å². The minimum Gasteiger partial charge on any atom is -0.388 e. The van der Waals surface area contributed by atoms with Crippen LogP contribution < -0.4 is 5.73 Å². The van der Waals surface area contributed by atoms with Gasteiger partial charge in [0.2, 0.25) is 0 Å². The zero-order valence-electron chi connectivity index (χ0n) is 7.05. The van der Waals surface area contributed by atoms with Gasteiger partial charge in [-0.05, 0) is 0 Å². The summed E-state index contributed by atoms with van der Waals surface area (Å²) in [7, 11) is -4.72. The first-order valence-corrected chi connectivity index (χ1v) is 5.31. The van der Waals surface area contributed by atoms with Crippen molar-refractivity contribution in [2.75, 3.05) is 6.61 Å². The topological polar surface area (TPSA) is 142 Å². The predicted molar refractivity (Wildman–Crippen MR) is 42.9 cm³/mol. The summed E-state index contributed by atoms with van der Waals surface area (Å²) in [5.41, 5.74) is 5.21. The Hall–Kier alpha value is -0.0500. The SMILES string of the molecule is NC(OP(=O)(O)O)[C@H]1OC[C@H](O)[C@@H]1O. The number of rotatable bonds is 3. The maximum Gasteiger partial charge on any atom is 0.471 e. The fraction of sp³-hybridized carbons (Fsp3) is 1.00. The number of phosphoric ester groups is 1. The molecule has 0 bridgehead atoms. The summed E-state index contributed by atoms with van der Waals surface area (Å²) >= 11 is 0. The molecule has 0 aliphatic carbocycles. The predicted octanol–water partition coefficient (Wildman–Crippen LogP) is -2.50. The maximum absolute atomic E-state index is 10.4. The van der Waals surface area contributed by atoms with E-state index in [0.717, 1.165) is 0 Å². The molecule has 9 heteroatoms. The van der Waals surface area contributed by atoms with Crippen molar-refractivity contribution in [1.29, 1.82) is 0 Å². The lowest BCUT2D eigenvalue weighted by Crippen LogP contribution is -2.44. The Morgan fingerprint density at radius 1 is 1.50 bits per heavy atom. The van der Waals surface area contributed by atoms with Gasteiger partial charge in [0.15, 0.2) is 0 Å². The summed E-state index contributed by atoms with van der Waals surface area (Å²) in [4.78, 5) is 16.8. The molecule has 0 aromatic carbocycles. The van der Waals surface area contributed by atoms with Crippen molar-refractivity contribution in [2.24, 2.45) is 5.73 Å². The molecular formula is C5H12NO7P. The first-order chi connectivity index (χ1) is 6.31. The van der Waals surface area contributed by atoms with E-state index in [4.69, 9.17) is 25.4 Å². The van der Waals surface area contributed by atoms with Crippen LogP contribution in [0.2, 0.25) is 0 Å². The van der Waals surface area contributed by atoms with Gasteiger partial charge in [-0.25, -0.2) is 4.57 Å². The fourth-order valence-electron chi connectivity index (χ4n) is 1.13. The number of nitrogens with two attached hydrogens (primary N) is 1. The zero-order chi connectivity index (χ0) is 10.9. The molecule has 0 saturated carbocycles. The van der Waals surface area contributed by atoms with E-state index in [1.165, 1.54) is 0 Å². The summed E-state index contributed by atoms with van der Waals surface area (Å²) in [6.07, 6.45) is -5.05. The van der Waals surface area contributed by atoms with E-state index in [2.05, 4.69) is 4.52 Å². The van der Waals surface area contributed by atoms with Gasteiger partial charge in [-0.1, -0.05) is 0 Å². The second-order valence-electron chi connectivity index (χ2n) is 2.92. The molecule has 1 unspecified atom stereocenters. The van der Waals surface area contributed by atoms with Gasteiger partial charge in [0, 0.05) is 0 Å². The van der Waals surface area contributed by atoms with Crippen LogP contribution >= 0.6 is 7.82 Å². The molecular weight excluding hydrogens is 217 g/mol.